The molecule has 1 atom stereocenters. The zero-order chi connectivity index (χ0) is 25.5. The largest absolute Gasteiger partial charge is 0.475 e. The monoisotopic (exact) mass is 487 g/mol. The van der Waals surface area contributed by atoms with Crippen molar-refractivity contribution in [2.45, 2.75) is 91.8 Å². The van der Waals surface area contributed by atoms with Crippen LogP contribution in [0.4, 0.5) is 4.79 Å². The van der Waals surface area contributed by atoms with Crippen LogP contribution in [0.5, 0.6) is 0 Å². The second kappa shape index (κ2) is 11.5. The summed E-state index contributed by atoms with van der Waals surface area (Å²) in [5.74, 6) is -0.789. The van der Waals surface area contributed by atoms with Crippen LogP contribution in [0.1, 0.15) is 67.9 Å². The second-order valence-electron chi connectivity index (χ2n) is 10.4. The maximum Gasteiger partial charge on any atom is 0.475 e. The summed E-state index contributed by atoms with van der Waals surface area (Å²) >= 11 is 0. The summed E-state index contributed by atoms with van der Waals surface area (Å²) in [5.41, 5.74) is -1.74. The van der Waals surface area contributed by atoms with Crippen LogP contribution in [0.25, 0.3) is 0 Å². The van der Waals surface area contributed by atoms with Gasteiger partial charge in [0.2, 0.25) is 0 Å². The van der Waals surface area contributed by atoms with E-state index in [0.717, 1.165) is 5.56 Å². The summed E-state index contributed by atoms with van der Waals surface area (Å²) in [6.07, 6.45) is -0.851. The van der Waals surface area contributed by atoms with Gasteiger partial charge in [0, 0.05) is 0 Å². The van der Waals surface area contributed by atoms with Crippen LogP contribution < -0.4 is 5.32 Å². The van der Waals surface area contributed by atoms with Crippen molar-refractivity contribution in [3.63, 3.8) is 0 Å². The molecule has 0 heterocycles. The Bertz CT molecular complexity index is 802. The number of benzene rings is 1. The number of carbonyl (C=O) groups is 2. The van der Waals surface area contributed by atoms with E-state index in [9.17, 15) is 14.2 Å². The van der Waals surface area contributed by atoms with Gasteiger partial charge >= 0.3 is 19.9 Å². The molecule has 1 aromatic carbocycles. The molecule has 0 aliphatic rings. The van der Waals surface area contributed by atoms with Crippen molar-refractivity contribution in [3.05, 3.63) is 35.9 Å². The third-order valence-corrected chi connectivity index (χ3v) is 5.38. The average molecular weight is 488 g/mol. The van der Waals surface area contributed by atoms with E-state index in [0.29, 0.717) is 0 Å². The summed E-state index contributed by atoms with van der Waals surface area (Å²) in [4.78, 5) is 25.1. The Kier molecular flexibility index (Phi) is 10.1. The molecule has 0 aromatic heterocycles. The smallest absolute Gasteiger partial charge is 0.459 e. The van der Waals surface area contributed by atoms with Crippen LogP contribution in [0.15, 0.2) is 30.3 Å². The molecule has 0 aliphatic carbocycles. The molecule has 0 spiro atoms. The van der Waals surface area contributed by atoms with Crippen molar-refractivity contribution < 1.29 is 37.2 Å². The van der Waals surface area contributed by atoms with Crippen LogP contribution in [0.2, 0.25) is 0 Å². The molecule has 0 bridgehead atoms. The first kappa shape index (κ1) is 29.1. The molecule has 10 heteroatoms. The molecule has 0 unspecified atom stereocenters. The molecule has 33 heavy (non-hydrogen) atoms. The first-order valence-electron chi connectivity index (χ1n) is 10.7. The van der Waals surface area contributed by atoms with Gasteiger partial charge in [0.25, 0.3) is 0 Å². The standard InChI is InChI=1S/C23H38NO8P/c1-21(2,3)30-20(26)24-18(19(25)28-15-17-13-11-10-12-14-17)16-29-33(27,31-22(4,5)6)32-23(7,8)9/h10-14,18H,15-16H2,1-9H3,(H,24,26)/t18-/m0/s1. The lowest BCUT2D eigenvalue weighted by atomic mass is 10.2. The van der Waals surface area contributed by atoms with E-state index in [4.69, 9.17) is 23.0 Å². The lowest BCUT2D eigenvalue weighted by molar-refractivity contribution is -0.148. The Morgan fingerprint density at radius 3 is 1.85 bits per heavy atom. The number of alkyl carbamates (subject to hydrolysis) is 1. The minimum Gasteiger partial charge on any atom is -0.459 e. The van der Waals surface area contributed by atoms with Crippen LogP contribution >= 0.6 is 7.82 Å². The predicted octanol–water partition coefficient (Wildman–Crippen LogP) is 5.38. The number of hydrogen-bond acceptors (Lipinski definition) is 8. The molecule has 9 nitrogen and oxygen atoms in total. The molecule has 0 saturated heterocycles. The van der Waals surface area contributed by atoms with E-state index in [2.05, 4.69) is 5.32 Å². The maximum atomic E-state index is 13.3. The van der Waals surface area contributed by atoms with Crippen molar-refractivity contribution in [2.24, 2.45) is 0 Å². The van der Waals surface area contributed by atoms with Gasteiger partial charge in [0.1, 0.15) is 12.2 Å². The molecule has 0 aliphatic heterocycles. The topological polar surface area (TPSA) is 109 Å². The highest BCUT2D eigenvalue weighted by Gasteiger charge is 2.39. The number of hydrogen-bond donors (Lipinski definition) is 1. The van der Waals surface area contributed by atoms with Gasteiger partial charge in [-0.15, -0.1) is 0 Å². The Morgan fingerprint density at radius 2 is 1.39 bits per heavy atom. The number of nitrogens with one attached hydrogen (secondary N) is 1. The van der Waals surface area contributed by atoms with E-state index in [-0.39, 0.29) is 6.61 Å². The van der Waals surface area contributed by atoms with Crippen molar-refractivity contribution in [1.29, 1.82) is 0 Å². The number of phosphoric ester groups is 1. The Balaban J connectivity index is 3.00. The lowest BCUT2D eigenvalue weighted by Crippen LogP contribution is -2.46. The minimum absolute atomic E-state index is 0.0131. The zero-order valence-electron chi connectivity index (χ0n) is 21.1. The Labute approximate surface area is 197 Å². The van der Waals surface area contributed by atoms with E-state index >= 15 is 0 Å². The highest BCUT2D eigenvalue weighted by atomic mass is 31.2. The number of esters is 1. The van der Waals surface area contributed by atoms with E-state index in [1.807, 2.05) is 18.2 Å². The maximum absolute atomic E-state index is 13.3. The van der Waals surface area contributed by atoms with Crippen molar-refractivity contribution in [2.75, 3.05) is 6.61 Å². The first-order valence-corrected chi connectivity index (χ1v) is 12.2. The number of carbonyl (C=O) groups excluding carboxylic acids is 2. The summed E-state index contributed by atoms with van der Waals surface area (Å²) in [5, 5.41) is 2.41. The number of rotatable bonds is 9. The molecule has 1 N–H and O–H groups in total. The number of amides is 1. The quantitative estimate of drug-likeness (QED) is 0.365. The van der Waals surface area contributed by atoms with Crippen LogP contribution in [-0.2, 0) is 39.0 Å². The summed E-state index contributed by atoms with van der Waals surface area (Å²) < 4.78 is 40.5. The van der Waals surface area contributed by atoms with Gasteiger partial charge in [-0.1, -0.05) is 30.3 Å². The fourth-order valence-corrected chi connectivity index (χ4v) is 4.17. The molecule has 0 saturated carbocycles. The van der Waals surface area contributed by atoms with Crippen LogP contribution in [0, 0.1) is 0 Å². The van der Waals surface area contributed by atoms with E-state index in [1.165, 1.54) is 0 Å². The normalized spacial score (nSPS) is 13.8. The Hall–Kier alpha value is -1.93. The molecule has 0 fully saturated rings. The SMILES string of the molecule is CC(C)(C)OC(=O)N[C@@H](COP(=O)(OC(C)(C)C)OC(C)(C)C)C(=O)OCc1ccccc1. The average Bonchev–Trinajstić information content (AvgIpc) is 2.59. The van der Waals surface area contributed by atoms with E-state index in [1.54, 1.807) is 74.4 Å². The fraction of sp³-hybridized carbons (Fsp3) is 0.652. The van der Waals surface area contributed by atoms with Crippen molar-refractivity contribution >= 4 is 19.9 Å². The van der Waals surface area contributed by atoms with Gasteiger partial charge in [-0.05, 0) is 67.9 Å². The van der Waals surface area contributed by atoms with Crippen molar-refractivity contribution in [1.82, 2.24) is 5.32 Å². The number of ether oxygens (including phenoxy) is 2. The molecule has 1 aromatic rings. The van der Waals surface area contributed by atoms with Crippen LogP contribution in [-0.4, -0.2) is 41.5 Å². The minimum atomic E-state index is -4.12. The molecular weight excluding hydrogens is 449 g/mol. The van der Waals surface area contributed by atoms with Gasteiger partial charge in [-0.3, -0.25) is 13.6 Å². The van der Waals surface area contributed by atoms with Gasteiger partial charge in [0.05, 0.1) is 17.8 Å². The van der Waals surface area contributed by atoms with Gasteiger partial charge in [0.15, 0.2) is 6.04 Å². The highest BCUT2D eigenvalue weighted by Crippen LogP contribution is 2.55. The molecule has 0 radical (unpaired) electrons. The molecule has 188 valence electrons. The third-order valence-electron chi connectivity index (χ3n) is 3.37. The van der Waals surface area contributed by atoms with Crippen LogP contribution in [0.3, 0.4) is 0 Å². The lowest BCUT2D eigenvalue weighted by Gasteiger charge is -2.31. The summed E-state index contributed by atoms with van der Waals surface area (Å²) in [6.45, 7) is 14.7. The molecular formula is C23H38NO8P. The molecule has 1 amide bonds. The summed E-state index contributed by atoms with van der Waals surface area (Å²) in [7, 11) is -4.12. The number of phosphoric acid groups is 1. The third kappa shape index (κ3) is 13.4. The van der Waals surface area contributed by atoms with Gasteiger partial charge in [-0.25, -0.2) is 14.2 Å². The first-order chi connectivity index (χ1) is 14.9. The predicted molar refractivity (Wildman–Crippen MR) is 125 cm³/mol. The summed E-state index contributed by atoms with van der Waals surface area (Å²) in [6, 6.07) is 7.74. The highest BCUT2D eigenvalue weighted by molar-refractivity contribution is 7.48. The second-order valence-corrected chi connectivity index (χ2v) is 12.0. The zero-order valence-corrected chi connectivity index (χ0v) is 22.0. The van der Waals surface area contributed by atoms with Crippen molar-refractivity contribution in [3.8, 4) is 0 Å². The van der Waals surface area contributed by atoms with E-state index < -0.39 is 49.3 Å². The molecule has 1 rings (SSSR count). The fourth-order valence-electron chi connectivity index (χ4n) is 2.36. The van der Waals surface area contributed by atoms with Gasteiger partial charge < -0.3 is 14.8 Å². The van der Waals surface area contributed by atoms with Gasteiger partial charge in [-0.2, -0.15) is 0 Å². The Morgan fingerprint density at radius 1 is 0.879 bits per heavy atom.